The van der Waals surface area contributed by atoms with E-state index >= 15 is 0 Å². The normalized spacial score (nSPS) is 10.4. The van der Waals surface area contributed by atoms with E-state index in [1.165, 1.54) is 18.3 Å². The van der Waals surface area contributed by atoms with Gasteiger partial charge in [0.25, 0.3) is 0 Å². The summed E-state index contributed by atoms with van der Waals surface area (Å²) >= 11 is 5.12. The molecule has 0 saturated carbocycles. The highest BCUT2D eigenvalue weighted by atomic mass is 32.1. The molecule has 0 saturated heterocycles. The van der Waals surface area contributed by atoms with Crippen LogP contribution >= 0.6 is 12.2 Å². The Balaban J connectivity index is 1.93. The molecule has 0 aliphatic heterocycles. The van der Waals surface area contributed by atoms with E-state index in [2.05, 4.69) is 15.8 Å². The predicted molar refractivity (Wildman–Crippen MR) is 86.3 cm³/mol. The molecule has 2 N–H and O–H groups in total. The Kier molecular flexibility index (Phi) is 5.22. The van der Waals surface area contributed by atoms with E-state index in [0.29, 0.717) is 16.4 Å². The number of thiocarbonyl (C=S) groups is 1. The van der Waals surface area contributed by atoms with Gasteiger partial charge in [-0.3, -0.25) is 5.43 Å². The Bertz CT molecular complexity index is 661. The molecule has 2 aromatic rings. The zero-order valence-corrected chi connectivity index (χ0v) is 12.2. The van der Waals surface area contributed by atoms with Crippen molar-refractivity contribution >= 4 is 29.2 Å². The summed E-state index contributed by atoms with van der Waals surface area (Å²) in [5.41, 5.74) is 4.04. The number of nitrogens with one attached hydrogen (secondary N) is 2. The lowest BCUT2D eigenvalue weighted by molar-refractivity contribution is 0.417. The third-order valence-corrected chi connectivity index (χ3v) is 2.78. The minimum Gasteiger partial charge on any atom is -0.495 e. The summed E-state index contributed by atoms with van der Waals surface area (Å²) in [6, 6.07) is 13.5. The first-order valence-electron chi connectivity index (χ1n) is 6.17. The quantitative estimate of drug-likeness (QED) is 0.517. The van der Waals surface area contributed by atoms with Gasteiger partial charge in [0.15, 0.2) is 5.11 Å². The number of benzene rings is 2. The van der Waals surface area contributed by atoms with Gasteiger partial charge in [0.1, 0.15) is 11.6 Å². The number of anilines is 1. The maximum atomic E-state index is 13.0. The van der Waals surface area contributed by atoms with Gasteiger partial charge in [-0.1, -0.05) is 24.3 Å². The number of rotatable bonds is 4. The molecule has 0 aliphatic rings. The van der Waals surface area contributed by atoms with Crippen molar-refractivity contribution in [3.8, 4) is 5.75 Å². The van der Waals surface area contributed by atoms with E-state index in [4.69, 9.17) is 17.0 Å². The molecule has 0 aromatic heterocycles. The lowest BCUT2D eigenvalue weighted by atomic mass is 10.2. The standard InChI is InChI=1S/C15H14FN3OS/c1-20-14-8-3-2-7-13(14)18-15(21)19-17-10-11-5-4-6-12(16)9-11/h2-10H,1H3,(H2,18,19,21)/b17-10-. The third kappa shape index (κ3) is 4.54. The largest absolute Gasteiger partial charge is 0.495 e. The van der Waals surface area contributed by atoms with Gasteiger partial charge in [0.2, 0.25) is 0 Å². The lowest BCUT2D eigenvalue weighted by Crippen LogP contribution is -2.24. The first-order valence-corrected chi connectivity index (χ1v) is 6.58. The van der Waals surface area contributed by atoms with Crippen molar-refractivity contribution in [1.29, 1.82) is 0 Å². The molecule has 6 heteroatoms. The summed E-state index contributed by atoms with van der Waals surface area (Å²) in [6.45, 7) is 0. The topological polar surface area (TPSA) is 45.6 Å². The molecule has 0 fully saturated rings. The highest BCUT2D eigenvalue weighted by Gasteiger charge is 2.02. The van der Waals surface area contributed by atoms with Crippen molar-refractivity contribution in [2.24, 2.45) is 5.10 Å². The fraction of sp³-hybridized carbons (Fsp3) is 0.0667. The number of hydrogen-bond acceptors (Lipinski definition) is 3. The van der Waals surface area contributed by atoms with Gasteiger partial charge in [0.05, 0.1) is 19.0 Å². The van der Waals surface area contributed by atoms with E-state index in [1.54, 1.807) is 19.2 Å². The Labute approximate surface area is 127 Å². The van der Waals surface area contributed by atoms with Gasteiger partial charge in [-0.05, 0) is 42.0 Å². The summed E-state index contributed by atoms with van der Waals surface area (Å²) in [4.78, 5) is 0. The van der Waals surface area contributed by atoms with Crippen molar-refractivity contribution in [3.63, 3.8) is 0 Å². The van der Waals surface area contributed by atoms with Crippen molar-refractivity contribution in [2.45, 2.75) is 0 Å². The minimum atomic E-state index is -0.311. The minimum absolute atomic E-state index is 0.311. The SMILES string of the molecule is COc1ccccc1NC(=S)N/N=C\c1cccc(F)c1. The van der Waals surface area contributed by atoms with Crippen LogP contribution in [0, 0.1) is 5.82 Å². The predicted octanol–water partition coefficient (Wildman–Crippen LogP) is 3.15. The van der Waals surface area contributed by atoms with Crippen LogP contribution in [0.3, 0.4) is 0 Å². The second-order valence-electron chi connectivity index (χ2n) is 4.08. The van der Waals surface area contributed by atoms with Crippen LogP contribution in [0.15, 0.2) is 53.6 Å². The number of hydrogen-bond donors (Lipinski definition) is 2. The third-order valence-electron chi connectivity index (χ3n) is 2.58. The Morgan fingerprint density at radius 2 is 2.05 bits per heavy atom. The molecule has 21 heavy (non-hydrogen) atoms. The summed E-state index contributed by atoms with van der Waals surface area (Å²) in [5.74, 6) is 0.365. The van der Waals surface area contributed by atoms with E-state index < -0.39 is 0 Å². The number of hydrazone groups is 1. The van der Waals surface area contributed by atoms with Crippen molar-refractivity contribution < 1.29 is 9.13 Å². The smallest absolute Gasteiger partial charge is 0.191 e. The molecule has 0 heterocycles. The van der Waals surface area contributed by atoms with E-state index in [1.807, 2.05) is 24.3 Å². The number of halogens is 1. The molecule has 2 aromatic carbocycles. The number of para-hydroxylation sites is 2. The summed E-state index contributed by atoms with van der Waals surface area (Å²) in [5, 5.41) is 7.23. The molecule has 0 amide bonds. The number of methoxy groups -OCH3 is 1. The average molecular weight is 303 g/mol. The van der Waals surface area contributed by atoms with Gasteiger partial charge in [-0.15, -0.1) is 0 Å². The molecule has 0 bridgehead atoms. The molecule has 0 aliphatic carbocycles. The van der Waals surface area contributed by atoms with Crippen molar-refractivity contribution in [2.75, 3.05) is 12.4 Å². The van der Waals surface area contributed by atoms with Crippen LogP contribution in [0.5, 0.6) is 5.75 Å². The second kappa shape index (κ2) is 7.35. The molecule has 0 spiro atoms. The van der Waals surface area contributed by atoms with E-state index in [0.717, 1.165) is 5.69 Å². The second-order valence-corrected chi connectivity index (χ2v) is 4.49. The molecule has 4 nitrogen and oxygen atoms in total. The van der Waals surface area contributed by atoms with Crippen LogP contribution in [0.4, 0.5) is 10.1 Å². The highest BCUT2D eigenvalue weighted by Crippen LogP contribution is 2.22. The molecule has 0 unspecified atom stereocenters. The van der Waals surface area contributed by atoms with Gasteiger partial charge in [0, 0.05) is 0 Å². The van der Waals surface area contributed by atoms with Crippen LogP contribution in [0.1, 0.15) is 5.56 Å². The van der Waals surface area contributed by atoms with E-state index in [9.17, 15) is 4.39 Å². The maximum absolute atomic E-state index is 13.0. The highest BCUT2D eigenvalue weighted by molar-refractivity contribution is 7.80. The van der Waals surface area contributed by atoms with Crippen LogP contribution < -0.4 is 15.5 Å². The molecule has 0 atom stereocenters. The van der Waals surface area contributed by atoms with Crippen LogP contribution in [-0.4, -0.2) is 18.4 Å². The fourth-order valence-corrected chi connectivity index (χ4v) is 1.81. The molecular weight excluding hydrogens is 289 g/mol. The zero-order chi connectivity index (χ0) is 15.1. The molecule has 0 radical (unpaired) electrons. The summed E-state index contributed by atoms with van der Waals surface area (Å²) in [7, 11) is 1.58. The molecule has 108 valence electrons. The van der Waals surface area contributed by atoms with Crippen molar-refractivity contribution in [1.82, 2.24) is 5.43 Å². The lowest BCUT2D eigenvalue weighted by Gasteiger charge is -2.10. The Morgan fingerprint density at radius 3 is 2.81 bits per heavy atom. The monoisotopic (exact) mass is 303 g/mol. The average Bonchev–Trinajstić information content (AvgIpc) is 2.48. The van der Waals surface area contributed by atoms with Gasteiger partial charge in [-0.2, -0.15) is 5.10 Å². The Hall–Kier alpha value is -2.47. The maximum Gasteiger partial charge on any atom is 0.191 e. The van der Waals surface area contributed by atoms with Gasteiger partial charge >= 0.3 is 0 Å². The van der Waals surface area contributed by atoms with Crippen LogP contribution in [0.25, 0.3) is 0 Å². The fourth-order valence-electron chi connectivity index (χ4n) is 1.65. The summed E-state index contributed by atoms with van der Waals surface area (Å²) < 4.78 is 18.2. The first kappa shape index (κ1) is 14.9. The van der Waals surface area contributed by atoms with Crippen molar-refractivity contribution in [3.05, 3.63) is 59.9 Å². The van der Waals surface area contributed by atoms with Gasteiger partial charge in [-0.25, -0.2) is 4.39 Å². The number of ether oxygens (including phenoxy) is 1. The first-order chi connectivity index (χ1) is 10.2. The van der Waals surface area contributed by atoms with E-state index in [-0.39, 0.29) is 5.82 Å². The summed E-state index contributed by atoms with van der Waals surface area (Å²) in [6.07, 6.45) is 1.49. The number of nitrogens with zero attached hydrogens (tertiary/aromatic N) is 1. The molecule has 2 rings (SSSR count). The van der Waals surface area contributed by atoms with Gasteiger partial charge < -0.3 is 10.1 Å². The Morgan fingerprint density at radius 1 is 1.24 bits per heavy atom. The van der Waals surface area contributed by atoms with Crippen LogP contribution in [-0.2, 0) is 0 Å². The molecular formula is C15H14FN3OS. The van der Waals surface area contributed by atoms with Crippen LogP contribution in [0.2, 0.25) is 0 Å². The zero-order valence-electron chi connectivity index (χ0n) is 11.3.